The summed E-state index contributed by atoms with van der Waals surface area (Å²) in [4.78, 5) is 29.3. The first-order chi connectivity index (χ1) is 17.1. The van der Waals surface area contributed by atoms with Crippen LogP contribution in [0.2, 0.25) is 0 Å². The number of nitrogens with one attached hydrogen (secondary N) is 1. The first kappa shape index (κ1) is 25.3. The van der Waals surface area contributed by atoms with Crippen LogP contribution in [0.3, 0.4) is 0 Å². The second-order valence-corrected chi connectivity index (χ2v) is 10.0. The minimum Gasteiger partial charge on any atom is -0.478 e. The Labute approximate surface area is 211 Å². The Morgan fingerprint density at radius 3 is 2.61 bits per heavy atom. The molecule has 0 bridgehead atoms. The molecule has 0 atom stereocenters. The molecule has 0 spiro atoms. The van der Waals surface area contributed by atoms with Crippen molar-refractivity contribution in [3.63, 3.8) is 0 Å². The van der Waals surface area contributed by atoms with E-state index in [0.29, 0.717) is 11.0 Å². The number of amides is 1. The van der Waals surface area contributed by atoms with E-state index in [0.717, 1.165) is 64.7 Å². The van der Waals surface area contributed by atoms with Crippen molar-refractivity contribution in [1.82, 2.24) is 4.98 Å². The fourth-order valence-corrected chi connectivity index (χ4v) is 4.84. The number of carbonyl (C=O) groups excluding carboxylic acids is 1. The average Bonchev–Trinajstić information content (AvgIpc) is 3.23. The summed E-state index contributed by atoms with van der Waals surface area (Å²) >= 11 is 1.33. The van der Waals surface area contributed by atoms with Gasteiger partial charge in [-0.1, -0.05) is 37.8 Å². The van der Waals surface area contributed by atoms with Crippen molar-refractivity contribution in [1.29, 1.82) is 0 Å². The van der Waals surface area contributed by atoms with Crippen molar-refractivity contribution in [3.8, 4) is 23.1 Å². The van der Waals surface area contributed by atoms with Crippen LogP contribution in [0.4, 0.5) is 13.9 Å². The molecular weight excluding hydrogens is 482 g/mol. The molecule has 3 aromatic rings. The predicted molar refractivity (Wildman–Crippen MR) is 137 cm³/mol. The second kappa shape index (κ2) is 10.4. The number of aromatic nitrogens is 1. The molecule has 1 aliphatic carbocycles. The number of fused-ring (bicyclic) bond motifs is 3. The Bertz CT molecular complexity index is 1440. The minimum atomic E-state index is -1.29. The third-order valence-corrected chi connectivity index (χ3v) is 6.75. The van der Waals surface area contributed by atoms with Gasteiger partial charge in [0.05, 0.1) is 5.69 Å². The van der Waals surface area contributed by atoms with E-state index >= 15 is 0 Å². The number of anilines is 1. The van der Waals surface area contributed by atoms with Crippen LogP contribution >= 0.6 is 11.3 Å². The van der Waals surface area contributed by atoms with E-state index in [1.807, 2.05) is 18.2 Å². The summed E-state index contributed by atoms with van der Waals surface area (Å²) in [7, 11) is 0. The van der Waals surface area contributed by atoms with Crippen LogP contribution < -0.4 is 5.32 Å². The van der Waals surface area contributed by atoms with Gasteiger partial charge in [0.2, 0.25) is 0 Å². The summed E-state index contributed by atoms with van der Waals surface area (Å²) in [6, 6.07) is 7.70. The predicted octanol–water partition coefficient (Wildman–Crippen LogP) is 6.32. The third-order valence-electron chi connectivity index (χ3n) is 5.72. The Morgan fingerprint density at radius 1 is 1.22 bits per heavy atom. The maximum Gasteiger partial charge on any atom is 0.331 e. The maximum absolute atomic E-state index is 14.5. The third kappa shape index (κ3) is 5.37. The molecular formula is C28H24F2N2O3S. The SMILES string of the molecule is C/C(=C\c1c(F)cc(C(=O)Nc2nc3c(s2)CCc2c(C#CCC(C)C)cccc2-3)cc1F)C(=O)O. The van der Waals surface area contributed by atoms with Gasteiger partial charge in [-0.2, -0.15) is 0 Å². The molecule has 5 nitrogen and oxygen atoms in total. The number of carboxylic acid groups (broad SMARTS) is 1. The molecule has 0 saturated heterocycles. The van der Waals surface area contributed by atoms with Gasteiger partial charge in [-0.25, -0.2) is 18.6 Å². The highest BCUT2D eigenvalue weighted by Gasteiger charge is 2.24. The standard InChI is InChI=1S/C28H24F2N2O3S/c1-15(2)6-4-7-17-8-5-9-20-19(17)10-11-24-25(20)31-28(36-24)32-26(33)18-13-22(29)21(23(30)14-18)12-16(3)27(34)35/h5,8-9,12-15H,6,10-11H2,1-3H3,(H,34,35)(H,31,32,33)/b16-12+. The van der Waals surface area contributed by atoms with Crippen LogP contribution in [0.15, 0.2) is 35.9 Å². The van der Waals surface area contributed by atoms with Crippen LogP contribution in [0.1, 0.15) is 59.1 Å². The summed E-state index contributed by atoms with van der Waals surface area (Å²) in [5.41, 5.74) is 2.90. The van der Waals surface area contributed by atoms with Crippen LogP contribution in [0.5, 0.6) is 0 Å². The van der Waals surface area contributed by atoms with E-state index in [1.54, 1.807) is 0 Å². The van der Waals surface area contributed by atoms with Gasteiger partial charge >= 0.3 is 5.97 Å². The summed E-state index contributed by atoms with van der Waals surface area (Å²) in [6.07, 6.45) is 3.28. The van der Waals surface area contributed by atoms with E-state index in [2.05, 4.69) is 36.0 Å². The molecule has 0 fully saturated rings. The van der Waals surface area contributed by atoms with Crippen molar-refractivity contribution in [2.24, 2.45) is 5.92 Å². The van der Waals surface area contributed by atoms with Gasteiger partial charge in [-0.3, -0.25) is 10.1 Å². The first-order valence-corrected chi connectivity index (χ1v) is 12.3. The highest BCUT2D eigenvalue weighted by atomic mass is 32.1. The van der Waals surface area contributed by atoms with Crippen molar-refractivity contribution < 1.29 is 23.5 Å². The number of thiazole rings is 1. The number of halogens is 2. The zero-order valence-corrected chi connectivity index (χ0v) is 20.9. The Balaban J connectivity index is 1.58. The normalized spacial score (nSPS) is 12.4. The van der Waals surface area contributed by atoms with Gasteiger partial charge in [0, 0.05) is 39.1 Å². The number of aliphatic carboxylic acids is 1. The van der Waals surface area contributed by atoms with Crippen LogP contribution in [-0.4, -0.2) is 22.0 Å². The van der Waals surface area contributed by atoms with Crippen molar-refractivity contribution in [2.45, 2.75) is 40.0 Å². The zero-order chi connectivity index (χ0) is 26.0. The highest BCUT2D eigenvalue weighted by Crippen LogP contribution is 2.39. The smallest absolute Gasteiger partial charge is 0.331 e. The van der Waals surface area contributed by atoms with Gasteiger partial charge in [-0.15, -0.1) is 11.3 Å². The number of rotatable bonds is 5. The maximum atomic E-state index is 14.5. The summed E-state index contributed by atoms with van der Waals surface area (Å²) in [5, 5.41) is 11.9. The van der Waals surface area contributed by atoms with E-state index < -0.39 is 29.1 Å². The van der Waals surface area contributed by atoms with Gasteiger partial charge < -0.3 is 5.11 Å². The van der Waals surface area contributed by atoms with Gasteiger partial charge in [-0.05, 0) is 55.5 Å². The lowest BCUT2D eigenvalue weighted by molar-refractivity contribution is -0.132. The Hall–Kier alpha value is -3.83. The molecule has 0 aliphatic heterocycles. The molecule has 0 saturated carbocycles. The zero-order valence-electron chi connectivity index (χ0n) is 20.0. The number of hydrogen-bond acceptors (Lipinski definition) is 4. The van der Waals surface area contributed by atoms with E-state index in [1.165, 1.54) is 18.3 Å². The molecule has 184 valence electrons. The molecule has 0 radical (unpaired) electrons. The van der Waals surface area contributed by atoms with Crippen molar-refractivity contribution >= 4 is 34.4 Å². The van der Waals surface area contributed by atoms with E-state index in [-0.39, 0.29) is 11.1 Å². The lowest BCUT2D eigenvalue weighted by Crippen LogP contribution is -2.13. The van der Waals surface area contributed by atoms with Crippen LogP contribution in [0.25, 0.3) is 17.3 Å². The second-order valence-electron chi connectivity index (χ2n) is 8.96. The molecule has 2 aromatic carbocycles. The van der Waals surface area contributed by atoms with E-state index in [9.17, 15) is 18.4 Å². The highest BCUT2D eigenvalue weighted by molar-refractivity contribution is 7.16. The summed E-state index contributed by atoms with van der Waals surface area (Å²) < 4.78 is 28.9. The molecule has 36 heavy (non-hydrogen) atoms. The monoisotopic (exact) mass is 506 g/mol. The molecule has 8 heteroatoms. The number of carbonyl (C=O) groups is 2. The van der Waals surface area contributed by atoms with Crippen molar-refractivity contribution in [3.05, 3.63) is 74.7 Å². The van der Waals surface area contributed by atoms with Crippen LogP contribution in [0, 0.1) is 29.4 Å². The van der Waals surface area contributed by atoms with Crippen molar-refractivity contribution in [2.75, 3.05) is 5.32 Å². The fraction of sp³-hybridized carbons (Fsp3) is 0.250. The number of hydrogen-bond donors (Lipinski definition) is 2. The van der Waals surface area contributed by atoms with Gasteiger partial charge in [0.15, 0.2) is 5.13 Å². The molecule has 1 aromatic heterocycles. The van der Waals surface area contributed by atoms with Gasteiger partial charge in [0.25, 0.3) is 5.91 Å². The molecule has 1 amide bonds. The molecule has 0 unspecified atom stereocenters. The summed E-state index contributed by atoms with van der Waals surface area (Å²) in [6.45, 7) is 5.48. The number of carboxylic acids is 1. The molecule has 2 N–H and O–H groups in total. The Morgan fingerprint density at radius 2 is 1.94 bits per heavy atom. The number of nitrogens with zero attached hydrogens (tertiary/aromatic N) is 1. The fourth-order valence-electron chi connectivity index (χ4n) is 3.87. The minimum absolute atomic E-state index is 0.229. The van der Waals surface area contributed by atoms with E-state index in [4.69, 9.17) is 5.11 Å². The average molecular weight is 507 g/mol. The van der Waals surface area contributed by atoms with Gasteiger partial charge in [0.1, 0.15) is 11.6 Å². The molecule has 1 heterocycles. The number of benzene rings is 2. The largest absolute Gasteiger partial charge is 0.478 e. The first-order valence-electron chi connectivity index (χ1n) is 11.5. The molecule has 4 rings (SSSR count). The summed E-state index contributed by atoms with van der Waals surface area (Å²) in [5.74, 6) is 2.95. The molecule has 1 aliphatic rings. The Kier molecular flexibility index (Phi) is 7.32. The van der Waals surface area contributed by atoms with Crippen LogP contribution in [-0.2, 0) is 17.6 Å². The topological polar surface area (TPSA) is 79.3 Å². The number of aryl methyl sites for hydroxylation is 1. The lowest BCUT2D eigenvalue weighted by Gasteiger charge is -2.16. The lowest BCUT2D eigenvalue weighted by atomic mass is 9.89. The quantitative estimate of drug-likeness (QED) is 0.313.